The second-order valence-corrected chi connectivity index (χ2v) is 5.83. The summed E-state index contributed by atoms with van der Waals surface area (Å²) in [6, 6.07) is 9.59. The van der Waals surface area contributed by atoms with E-state index in [2.05, 4.69) is 10.2 Å². The minimum Gasteiger partial charge on any atom is -0.506 e. The van der Waals surface area contributed by atoms with E-state index in [1.165, 1.54) is 6.07 Å². The van der Waals surface area contributed by atoms with E-state index in [1.54, 1.807) is 18.2 Å². The van der Waals surface area contributed by atoms with E-state index < -0.39 is 4.92 Å². The van der Waals surface area contributed by atoms with E-state index in [0.29, 0.717) is 15.8 Å². The average molecular weight is 378 g/mol. The van der Waals surface area contributed by atoms with E-state index in [1.807, 2.05) is 0 Å². The molecule has 0 aliphatic rings. The van der Waals surface area contributed by atoms with Crippen LogP contribution in [0.4, 0.5) is 17.1 Å². The lowest BCUT2D eigenvalue weighted by Gasteiger charge is -2.07. The van der Waals surface area contributed by atoms with Gasteiger partial charge in [-0.3, -0.25) is 10.1 Å². The summed E-state index contributed by atoms with van der Waals surface area (Å²) in [7, 11) is 0. The van der Waals surface area contributed by atoms with Crippen LogP contribution in [0.3, 0.4) is 0 Å². The van der Waals surface area contributed by atoms with Crippen molar-refractivity contribution in [2.24, 2.45) is 10.2 Å². The first-order valence-electron chi connectivity index (χ1n) is 6.87. The number of fused-ring (bicyclic) bond motifs is 1. The molecular weight excluding hydrogens is 369 g/mol. The highest BCUT2D eigenvalue weighted by atomic mass is 35.5. The van der Waals surface area contributed by atoms with Gasteiger partial charge in [0.25, 0.3) is 5.69 Å². The summed E-state index contributed by atoms with van der Waals surface area (Å²) in [6.45, 7) is 0. The van der Waals surface area contributed by atoms with Crippen LogP contribution in [0.15, 0.2) is 52.7 Å². The highest BCUT2D eigenvalue weighted by Crippen LogP contribution is 2.42. The lowest BCUT2D eigenvalue weighted by molar-refractivity contribution is -0.384. The van der Waals surface area contributed by atoms with Gasteiger partial charge < -0.3 is 10.2 Å². The van der Waals surface area contributed by atoms with Gasteiger partial charge in [-0.2, -0.15) is 0 Å². The van der Waals surface area contributed by atoms with Gasteiger partial charge in [-0.15, -0.1) is 10.2 Å². The number of benzene rings is 3. The monoisotopic (exact) mass is 377 g/mol. The predicted molar refractivity (Wildman–Crippen MR) is 94.6 cm³/mol. The zero-order chi connectivity index (χ0) is 18.1. The highest BCUT2D eigenvalue weighted by Gasteiger charge is 2.13. The van der Waals surface area contributed by atoms with Crippen molar-refractivity contribution in [1.82, 2.24) is 0 Å². The van der Waals surface area contributed by atoms with Gasteiger partial charge in [0.1, 0.15) is 17.1 Å². The molecule has 0 atom stereocenters. The molecule has 126 valence electrons. The second-order valence-electron chi connectivity index (χ2n) is 5.02. The Kier molecular flexibility index (Phi) is 4.43. The maximum absolute atomic E-state index is 10.8. The van der Waals surface area contributed by atoms with Gasteiger partial charge >= 0.3 is 0 Å². The number of rotatable bonds is 3. The molecule has 0 spiro atoms. The van der Waals surface area contributed by atoms with Crippen molar-refractivity contribution in [1.29, 1.82) is 0 Å². The summed E-state index contributed by atoms with van der Waals surface area (Å²) >= 11 is 12.2. The molecule has 3 rings (SSSR count). The van der Waals surface area contributed by atoms with Gasteiger partial charge in [0.15, 0.2) is 5.75 Å². The Morgan fingerprint density at radius 1 is 0.920 bits per heavy atom. The van der Waals surface area contributed by atoms with Gasteiger partial charge in [-0.25, -0.2) is 0 Å². The molecule has 0 fully saturated rings. The standard InChI is InChI=1S/C16H9Cl2N3O4/c17-10-3-4-11(18)15-9(10)2-5-12(16(15)23)19-20-13-7-8(21(24)25)1-6-14(13)22/h1-7,22-23H. The summed E-state index contributed by atoms with van der Waals surface area (Å²) < 4.78 is 0. The van der Waals surface area contributed by atoms with E-state index in [9.17, 15) is 20.3 Å². The third-order valence-corrected chi connectivity index (χ3v) is 4.11. The van der Waals surface area contributed by atoms with Crippen molar-refractivity contribution < 1.29 is 15.1 Å². The molecular formula is C16H9Cl2N3O4. The molecule has 0 amide bonds. The number of hydrogen-bond donors (Lipinski definition) is 2. The van der Waals surface area contributed by atoms with Crippen LogP contribution >= 0.6 is 23.2 Å². The third-order valence-electron chi connectivity index (χ3n) is 3.46. The first-order chi connectivity index (χ1) is 11.9. The van der Waals surface area contributed by atoms with Gasteiger partial charge in [0, 0.05) is 27.9 Å². The number of aromatic hydroxyl groups is 2. The molecule has 25 heavy (non-hydrogen) atoms. The molecule has 0 unspecified atom stereocenters. The minimum absolute atomic E-state index is 0.0718. The number of nitro benzene ring substituents is 1. The van der Waals surface area contributed by atoms with E-state index in [-0.39, 0.29) is 33.6 Å². The largest absolute Gasteiger partial charge is 0.506 e. The number of phenols is 2. The SMILES string of the molecule is O=[N+]([O-])c1ccc(O)c(N=Nc2ccc3c(Cl)ccc(Cl)c3c2O)c1. The fraction of sp³-hybridized carbons (Fsp3) is 0. The molecule has 0 radical (unpaired) electrons. The predicted octanol–water partition coefficient (Wildman–Crippen LogP) is 5.88. The number of hydrogen-bond acceptors (Lipinski definition) is 6. The van der Waals surface area contributed by atoms with Gasteiger partial charge in [0.2, 0.25) is 0 Å². The molecule has 2 N–H and O–H groups in total. The normalized spacial score (nSPS) is 11.3. The average Bonchev–Trinajstić information content (AvgIpc) is 2.58. The van der Waals surface area contributed by atoms with Crippen LogP contribution in [-0.4, -0.2) is 15.1 Å². The van der Waals surface area contributed by atoms with Crippen LogP contribution in [0, 0.1) is 10.1 Å². The van der Waals surface area contributed by atoms with Crippen LogP contribution < -0.4 is 0 Å². The van der Waals surface area contributed by atoms with Gasteiger partial charge in [0.05, 0.1) is 9.95 Å². The number of phenolic OH excluding ortho intramolecular Hbond substituents is 2. The number of nitro groups is 1. The lowest BCUT2D eigenvalue weighted by atomic mass is 10.1. The third kappa shape index (κ3) is 3.19. The maximum Gasteiger partial charge on any atom is 0.271 e. The first kappa shape index (κ1) is 16.9. The fourth-order valence-electron chi connectivity index (χ4n) is 2.23. The van der Waals surface area contributed by atoms with Crippen LogP contribution in [0.1, 0.15) is 0 Å². The van der Waals surface area contributed by atoms with E-state index >= 15 is 0 Å². The Morgan fingerprint density at radius 2 is 1.60 bits per heavy atom. The lowest BCUT2D eigenvalue weighted by Crippen LogP contribution is -1.86. The van der Waals surface area contributed by atoms with Crippen LogP contribution in [0.5, 0.6) is 11.5 Å². The molecule has 7 nitrogen and oxygen atoms in total. The van der Waals surface area contributed by atoms with Crippen molar-refractivity contribution in [2.75, 3.05) is 0 Å². The molecule has 0 aliphatic heterocycles. The Morgan fingerprint density at radius 3 is 2.32 bits per heavy atom. The summed E-state index contributed by atoms with van der Waals surface area (Å²) in [5.74, 6) is -0.519. The molecule has 0 saturated heterocycles. The van der Waals surface area contributed by atoms with E-state index in [4.69, 9.17) is 23.2 Å². The smallest absolute Gasteiger partial charge is 0.271 e. The Labute approximate surface area is 150 Å². The van der Waals surface area contributed by atoms with E-state index in [0.717, 1.165) is 18.2 Å². The van der Waals surface area contributed by atoms with Crippen molar-refractivity contribution in [2.45, 2.75) is 0 Å². The fourth-order valence-corrected chi connectivity index (χ4v) is 2.71. The summed E-state index contributed by atoms with van der Waals surface area (Å²) in [5.41, 5.74) is -0.280. The van der Waals surface area contributed by atoms with Crippen LogP contribution in [-0.2, 0) is 0 Å². The Bertz CT molecular complexity index is 1040. The number of non-ortho nitro benzene ring substituents is 1. The molecule has 3 aromatic carbocycles. The Hall–Kier alpha value is -2.90. The topological polar surface area (TPSA) is 108 Å². The minimum atomic E-state index is -0.617. The molecule has 0 aromatic heterocycles. The first-order valence-corrected chi connectivity index (χ1v) is 7.63. The van der Waals surface area contributed by atoms with Crippen molar-refractivity contribution >= 4 is 51.0 Å². The molecule has 3 aromatic rings. The number of nitrogens with zero attached hydrogens (tertiary/aromatic N) is 3. The highest BCUT2D eigenvalue weighted by molar-refractivity contribution is 6.41. The summed E-state index contributed by atoms with van der Waals surface area (Å²) in [5, 5.41) is 40.1. The molecule has 0 saturated carbocycles. The summed E-state index contributed by atoms with van der Waals surface area (Å²) in [4.78, 5) is 10.2. The van der Waals surface area contributed by atoms with Gasteiger partial charge in [-0.1, -0.05) is 29.3 Å². The molecule has 0 aliphatic carbocycles. The quantitative estimate of drug-likeness (QED) is 0.337. The van der Waals surface area contributed by atoms with Crippen molar-refractivity contribution in [3.8, 4) is 11.5 Å². The number of azo groups is 1. The van der Waals surface area contributed by atoms with Crippen molar-refractivity contribution in [3.63, 3.8) is 0 Å². The summed E-state index contributed by atoms with van der Waals surface area (Å²) in [6.07, 6.45) is 0. The number of halogens is 2. The zero-order valence-electron chi connectivity index (χ0n) is 12.3. The second kappa shape index (κ2) is 6.54. The Balaban J connectivity index is 2.08. The molecule has 9 heteroatoms. The van der Waals surface area contributed by atoms with Crippen molar-refractivity contribution in [3.05, 3.63) is 62.6 Å². The molecule has 0 bridgehead atoms. The van der Waals surface area contributed by atoms with Gasteiger partial charge in [-0.05, 0) is 24.3 Å². The van der Waals surface area contributed by atoms with Crippen LogP contribution in [0.25, 0.3) is 10.8 Å². The zero-order valence-corrected chi connectivity index (χ0v) is 13.9. The molecule has 0 heterocycles. The van der Waals surface area contributed by atoms with Crippen LogP contribution in [0.2, 0.25) is 10.0 Å². The maximum atomic E-state index is 10.8.